The summed E-state index contributed by atoms with van der Waals surface area (Å²) < 4.78 is 10.5. The Bertz CT molecular complexity index is 864. The van der Waals surface area contributed by atoms with Gasteiger partial charge in [0.25, 0.3) is 11.8 Å². The number of hydrogen-bond donors (Lipinski definition) is 2. The Balaban J connectivity index is 0.00000320. The minimum absolute atomic E-state index is 0. The molecular weight excluding hydrogens is 501 g/mol. The third kappa shape index (κ3) is 6.37. The minimum Gasteiger partial charge on any atom is -0.484 e. The summed E-state index contributed by atoms with van der Waals surface area (Å²) in [6.07, 6.45) is 1.50. The highest BCUT2D eigenvalue weighted by Crippen LogP contribution is 2.14. The number of halogens is 1. The molecule has 0 spiro atoms. The lowest BCUT2D eigenvalue weighted by molar-refractivity contribution is -0.119. The maximum absolute atomic E-state index is 12.4. The highest BCUT2D eigenvalue weighted by Gasteiger charge is 2.25. The highest BCUT2D eigenvalue weighted by atomic mass is 127. The van der Waals surface area contributed by atoms with Crippen LogP contribution in [0.3, 0.4) is 0 Å². The Hall–Kier alpha value is -2.76. The van der Waals surface area contributed by atoms with Crippen molar-refractivity contribution in [3.8, 4) is 5.75 Å². The van der Waals surface area contributed by atoms with Gasteiger partial charge in [0.2, 0.25) is 0 Å². The molecule has 30 heavy (non-hydrogen) atoms. The van der Waals surface area contributed by atoms with Crippen LogP contribution in [0.2, 0.25) is 0 Å². The standard InChI is InChI=1S/C20H25N5O4.HI/c1-22-20(23-13-15-4-2-5-16(12-15)29-14-18(21)26)25-9-7-24(8-10-25)19(27)17-6-3-11-28-17;/h2-6,11-12H,7-10,13-14H2,1H3,(H2,21,26)(H,22,23);1H. The zero-order valence-corrected chi connectivity index (χ0v) is 19.1. The van der Waals surface area contributed by atoms with Crippen molar-refractivity contribution in [2.45, 2.75) is 6.54 Å². The number of nitrogens with two attached hydrogens (primary N) is 1. The lowest BCUT2D eigenvalue weighted by atomic mass is 10.2. The van der Waals surface area contributed by atoms with Gasteiger partial charge in [0.05, 0.1) is 6.26 Å². The molecule has 1 aliphatic rings. The molecule has 1 aliphatic heterocycles. The van der Waals surface area contributed by atoms with Crippen molar-refractivity contribution in [1.29, 1.82) is 0 Å². The number of rotatable bonds is 6. The summed E-state index contributed by atoms with van der Waals surface area (Å²) in [5.41, 5.74) is 6.09. The molecule has 9 nitrogen and oxygen atoms in total. The first-order valence-corrected chi connectivity index (χ1v) is 9.35. The number of ether oxygens (including phenoxy) is 1. The summed E-state index contributed by atoms with van der Waals surface area (Å²) in [6.45, 7) is 2.93. The van der Waals surface area contributed by atoms with Gasteiger partial charge in [-0.05, 0) is 29.8 Å². The monoisotopic (exact) mass is 527 g/mol. The van der Waals surface area contributed by atoms with Gasteiger partial charge in [-0.3, -0.25) is 14.6 Å². The van der Waals surface area contributed by atoms with E-state index >= 15 is 0 Å². The molecular formula is C20H26IN5O4. The summed E-state index contributed by atoms with van der Waals surface area (Å²) in [6, 6.07) is 10.8. The third-order valence-corrected chi connectivity index (χ3v) is 4.54. The van der Waals surface area contributed by atoms with Crippen LogP contribution in [-0.4, -0.2) is 67.4 Å². The number of hydrogen-bond acceptors (Lipinski definition) is 5. The molecule has 0 atom stereocenters. The Morgan fingerprint density at radius 1 is 1.17 bits per heavy atom. The summed E-state index contributed by atoms with van der Waals surface area (Å²) >= 11 is 0. The van der Waals surface area contributed by atoms with Gasteiger partial charge >= 0.3 is 0 Å². The molecule has 3 rings (SSSR count). The fraction of sp³-hybridized carbons (Fsp3) is 0.350. The van der Waals surface area contributed by atoms with E-state index in [4.69, 9.17) is 14.9 Å². The lowest BCUT2D eigenvalue weighted by Crippen LogP contribution is -2.53. The number of carbonyl (C=O) groups excluding carboxylic acids is 2. The van der Waals surface area contributed by atoms with Gasteiger partial charge in [-0.1, -0.05) is 12.1 Å². The van der Waals surface area contributed by atoms with Crippen LogP contribution >= 0.6 is 24.0 Å². The average Bonchev–Trinajstić information content (AvgIpc) is 3.28. The minimum atomic E-state index is -0.515. The quantitative estimate of drug-likeness (QED) is 0.333. The number of aliphatic imine (C=N–C) groups is 1. The number of piperazine rings is 1. The van der Waals surface area contributed by atoms with E-state index in [9.17, 15) is 9.59 Å². The van der Waals surface area contributed by atoms with E-state index in [1.165, 1.54) is 6.26 Å². The summed E-state index contributed by atoms with van der Waals surface area (Å²) in [7, 11) is 1.73. The number of carbonyl (C=O) groups is 2. The van der Waals surface area contributed by atoms with Crippen molar-refractivity contribution in [3.63, 3.8) is 0 Å². The number of nitrogens with one attached hydrogen (secondary N) is 1. The van der Waals surface area contributed by atoms with Crippen LogP contribution in [0, 0.1) is 0 Å². The van der Waals surface area contributed by atoms with Crippen molar-refractivity contribution in [1.82, 2.24) is 15.1 Å². The van der Waals surface area contributed by atoms with E-state index in [0.717, 1.165) is 11.5 Å². The van der Waals surface area contributed by atoms with Crippen LogP contribution in [-0.2, 0) is 11.3 Å². The van der Waals surface area contributed by atoms with Gasteiger partial charge in [-0.2, -0.15) is 0 Å². The Kier molecular flexibility index (Phi) is 8.96. The van der Waals surface area contributed by atoms with Crippen LogP contribution < -0.4 is 15.8 Å². The maximum Gasteiger partial charge on any atom is 0.289 e. The number of amides is 2. The average molecular weight is 527 g/mol. The number of furan rings is 1. The summed E-state index contributed by atoms with van der Waals surface area (Å²) in [5, 5.41) is 3.33. The first kappa shape index (κ1) is 23.5. The summed E-state index contributed by atoms with van der Waals surface area (Å²) in [4.78, 5) is 31.5. The molecule has 2 heterocycles. The van der Waals surface area contributed by atoms with E-state index in [1.54, 1.807) is 30.1 Å². The molecule has 162 valence electrons. The first-order chi connectivity index (χ1) is 14.1. The van der Waals surface area contributed by atoms with Gasteiger partial charge in [0.1, 0.15) is 5.75 Å². The predicted octanol–water partition coefficient (Wildman–Crippen LogP) is 1.30. The van der Waals surface area contributed by atoms with Crippen LogP contribution in [0.15, 0.2) is 52.1 Å². The zero-order valence-electron chi connectivity index (χ0n) is 16.7. The molecule has 0 aliphatic carbocycles. The number of guanidine groups is 1. The number of benzene rings is 1. The van der Waals surface area contributed by atoms with Gasteiger partial charge in [-0.25, -0.2) is 0 Å². The van der Waals surface area contributed by atoms with Crippen molar-refractivity contribution in [2.75, 3.05) is 39.8 Å². The third-order valence-electron chi connectivity index (χ3n) is 4.54. The normalized spacial score (nSPS) is 14.1. The molecule has 0 bridgehead atoms. The molecule has 1 saturated heterocycles. The highest BCUT2D eigenvalue weighted by molar-refractivity contribution is 14.0. The molecule has 2 amide bonds. The van der Waals surface area contributed by atoms with Gasteiger partial charge in [0.15, 0.2) is 18.3 Å². The number of primary amides is 1. The van der Waals surface area contributed by atoms with Gasteiger partial charge in [-0.15, -0.1) is 24.0 Å². The molecule has 10 heteroatoms. The van der Waals surface area contributed by atoms with Crippen LogP contribution in [0.4, 0.5) is 0 Å². The van der Waals surface area contributed by atoms with Crippen molar-refractivity contribution < 1.29 is 18.7 Å². The van der Waals surface area contributed by atoms with E-state index in [1.807, 2.05) is 18.2 Å². The molecule has 3 N–H and O–H groups in total. The molecule has 0 saturated carbocycles. The molecule has 0 unspecified atom stereocenters. The van der Waals surface area contributed by atoms with Gasteiger partial charge < -0.3 is 30.0 Å². The Labute approximate surface area is 192 Å². The molecule has 1 aromatic carbocycles. The molecule has 1 aromatic heterocycles. The maximum atomic E-state index is 12.4. The fourth-order valence-electron chi connectivity index (χ4n) is 3.09. The van der Waals surface area contributed by atoms with Crippen LogP contribution in [0.5, 0.6) is 5.75 Å². The Morgan fingerprint density at radius 2 is 1.90 bits per heavy atom. The second kappa shape index (κ2) is 11.4. The fourth-order valence-corrected chi connectivity index (χ4v) is 3.09. The van der Waals surface area contributed by atoms with Crippen molar-refractivity contribution >= 4 is 41.8 Å². The van der Waals surface area contributed by atoms with Crippen molar-refractivity contribution in [3.05, 3.63) is 54.0 Å². The lowest BCUT2D eigenvalue weighted by Gasteiger charge is -2.36. The smallest absolute Gasteiger partial charge is 0.289 e. The number of nitrogens with zero attached hydrogens (tertiary/aromatic N) is 3. The van der Waals surface area contributed by atoms with Gasteiger partial charge in [0, 0.05) is 39.8 Å². The van der Waals surface area contributed by atoms with E-state index in [2.05, 4.69) is 15.2 Å². The predicted molar refractivity (Wildman–Crippen MR) is 123 cm³/mol. The van der Waals surface area contributed by atoms with E-state index in [-0.39, 0.29) is 36.5 Å². The zero-order chi connectivity index (χ0) is 20.6. The molecule has 1 fully saturated rings. The first-order valence-electron chi connectivity index (χ1n) is 9.35. The van der Waals surface area contributed by atoms with E-state index < -0.39 is 5.91 Å². The molecule has 2 aromatic rings. The molecule has 0 radical (unpaired) electrons. The SMILES string of the molecule is CN=C(NCc1cccc(OCC(N)=O)c1)N1CCN(C(=O)c2ccco2)CC1.I. The topological polar surface area (TPSA) is 113 Å². The van der Waals surface area contributed by atoms with Crippen molar-refractivity contribution in [2.24, 2.45) is 10.7 Å². The van der Waals surface area contributed by atoms with Crippen LogP contribution in [0.25, 0.3) is 0 Å². The van der Waals surface area contributed by atoms with Crippen LogP contribution in [0.1, 0.15) is 16.1 Å². The largest absolute Gasteiger partial charge is 0.484 e. The second-order valence-electron chi connectivity index (χ2n) is 6.56. The Morgan fingerprint density at radius 3 is 2.53 bits per heavy atom. The summed E-state index contributed by atoms with van der Waals surface area (Å²) in [5.74, 6) is 1.10. The van der Waals surface area contributed by atoms with E-state index in [0.29, 0.717) is 44.2 Å². The second-order valence-corrected chi connectivity index (χ2v) is 6.56.